The molecule has 0 bridgehead atoms. The van der Waals surface area contributed by atoms with Gasteiger partial charge in [-0.2, -0.15) is 9.67 Å². The molecule has 7 heteroatoms. The lowest BCUT2D eigenvalue weighted by Crippen LogP contribution is -2.11. The molecule has 0 fully saturated rings. The molecule has 1 aromatic carbocycles. The van der Waals surface area contributed by atoms with E-state index in [0.717, 1.165) is 5.69 Å². The van der Waals surface area contributed by atoms with Crippen molar-refractivity contribution in [1.82, 2.24) is 14.8 Å². The zero-order chi connectivity index (χ0) is 13.8. The van der Waals surface area contributed by atoms with Gasteiger partial charge >= 0.3 is 0 Å². The second kappa shape index (κ2) is 5.30. The summed E-state index contributed by atoms with van der Waals surface area (Å²) in [5, 5.41) is 9.17. The van der Waals surface area contributed by atoms with Gasteiger partial charge in [0.15, 0.2) is 0 Å². The van der Waals surface area contributed by atoms with Gasteiger partial charge in [-0.05, 0) is 12.1 Å². The number of benzene rings is 1. The Morgan fingerprint density at radius 3 is 2.26 bits per heavy atom. The summed E-state index contributed by atoms with van der Waals surface area (Å²) in [6.45, 7) is 2.74. The summed E-state index contributed by atoms with van der Waals surface area (Å²) < 4.78 is 1.45. The van der Waals surface area contributed by atoms with Crippen molar-refractivity contribution in [3.63, 3.8) is 0 Å². The molecule has 0 unspecified atom stereocenters. The number of carbonyl (C=O) groups excluding carboxylic acids is 2. The Balaban J connectivity index is 2.42. The molecule has 2 aromatic rings. The number of rotatable bonds is 3. The minimum absolute atomic E-state index is 0.139. The van der Waals surface area contributed by atoms with Crippen LogP contribution in [0.5, 0.6) is 0 Å². The van der Waals surface area contributed by atoms with Crippen LogP contribution >= 0.6 is 0 Å². The van der Waals surface area contributed by atoms with E-state index in [9.17, 15) is 9.59 Å². The van der Waals surface area contributed by atoms with Crippen molar-refractivity contribution in [2.45, 2.75) is 13.8 Å². The third-order valence-electron chi connectivity index (χ3n) is 2.18. The lowest BCUT2D eigenvalue weighted by molar-refractivity contribution is -0.115. The summed E-state index contributed by atoms with van der Waals surface area (Å²) in [7, 11) is 0. The molecule has 0 atom stereocenters. The molecule has 1 heterocycles. The highest BCUT2D eigenvalue weighted by Crippen LogP contribution is 2.15. The Kier molecular flexibility index (Phi) is 3.56. The van der Waals surface area contributed by atoms with Crippen LogP contribution < -0.4 is 10.6 Å². The number of aromatic nitrogens is 3. The Hall–Kier alpha value is -2.70. The van der Waals surface area contributed by atoms with Gasteiger partial charge in [0.2, 0.25) is 17.8 Å². The fraction of sp³-hybridized carbons (Fsp3) is 0.167. The molecule has 98 valence electrons. The molecule has 0 spiro atoms. The summed E-state index contributed by atoms with van der Waals surface area (Å²) in [6.07, 6.45) is 0. The first-order chi connectivity index (χ1) is 9.06. The molecule has 0 aliphatic heterocycles. The Labute approximate surface area is 109 Å². The van der Waals surface area contributed by atoms with E-state index < -0.39 is 0 Å². The SMILES string of the molecule is CC(=O)Nc1nc(NC(C)=O)n(-c2ccccc2)n1. The van der Waals surface area contributed by atoms with Gasteiger partial charge in [-0.25, -0.2) is 0 Å². The van der Waals surface area contributed by atoms with Gasteiger partial charge in [0.25, 0.3) is 5.95 Å². The zero-order valence-corrected chi connectivity index (χ0v) is 10.5. The van der Waals surface area contributed by atoms with E-state index in [1.807, 2.05) is 30.3 Å². The smallest absolute Gasteiger partial charge is 0.251 e. The van der Waals surface area contributed by atoms with Crippen LogP contribution in [0.15, 0.2) is 30.3 Å². The average Bonchev–Trinajstić information content (AvgIpc) is 2.71. The molecule has 0 aliphatic carbocycles. The van der Waals surface area contributed by atoms with Crippen molar-refractivity contribution < 1.29 is 9.59 Å². The average molecular weight is 259 g/mol. The first-order valence-electron chi connectivity index (χ1n) is 5.64. The van der Waals surface area contributed by atoms with E-state index in [1.54, 1.807) is 0 Å². The number of anilines is 2. The topological polar surface area (TPSA) is 88.9 Å². The number of hydrogen-bond donors (Lipinski definition) is 2. The molecule has 0 aliphatic rings. The van der Waals surface area contributed by atoms with Gasteiger partial charge in [0, 0.05) is 13.8 Å². The van der Waals surface area contributed by atoms with Crippen LogP contribution in [0.1, 0.15) is 13.8 Å². The largest absolute Gasteiger partial charge is 0.295 e. The minimum atomic E-state index is -0.278. The van der Waals surface area contributed by atoms with Crippen molar-refractivity contribution in [3.8, 4) is 5.69 Å². The standard InChI is InChI=1S/C12H13N5O2/c1-8(18)13-11-15-12(14-9(2)19)17(16-11)10-6-4-3-5-7-10/h3-7H,1-2H3,(H2,13,14,15,16,18,19). The molecule has 2 rings (SSSR count). The van der Waals surface area contributed by atoms with Gasteiger partial charge in [-0.1, -0.05) is 18.2 Å². The predicted octanol–water partition coefficient (Wildman–Crippen LogP) is 1.18. The normalized spacial score (nSPS) is 10.0. The van der Waals surface area contributed by atoms with Gasteiger partial charge < -0.3 is 0 Å². The zero-order valence-electron chi connectivity index (χ0n) is 10.5. The molecule has 2 N–H and O–H groups in total. The van der Waals surface area contributed by atoms with Gasteiger partial charge in [-0.15, -0.1) is 5.10 Å². The van der Waals surface area contributed by atoms with E-state index in [4.69, 9.17) is 0 Å². The monoisotopic (exact) mass is 259 g/mol. The molecule has 2 amide bonds. The molecule has 0 saturated carbocycles. The maximum Gasteiger partial charge on any atom is 0.251 e. The highest BCUT2D eigenvalue weighted by molar-refractivity contribution is 5.89. The van der Waals surface area contributed by atoms with Gasteiger partial charge in [0.05, 0.1) is 5.69 Å². The van der Waals surface area contributed by atoms with Crippen molar-refractivity contribution >= 4 is 23.7 Å². The fourth-order valence-electron chi connectivity index (χ4n) is 1.51. The van der Waals surface area contributed by atoms with Crippen LogP contribution in [0, 0.1) is 0 Å². The molecule has 19 heavy (non-hydrogen) atoms. The fourth-order valence-corrected chi connectivity index (χ4v) is 1.51. The molecular formula is C12H13N5O2. The second-order valence-corrected chi connectivity index (χ2v) is 3.87. The molecule has 1 aromatic heterocycles. The Morgan fingerprint density at radius 1 is 1.05 bits per heavy atom. The summed E-state index contributed by atoms with van der Waals surface area (Å²) in [6, 6.07) is 9.18. The van der Waals surface area contributed by atoms with E-state index >= 15 is 0 Å². The third-order valence-corrected chi connectivity index (χ3v) is 2.18. The highest BCUT2D eigenvalue weighted by Gasteiger charge is 2.13. The van der Waals surface area contributed by atoms with E-state index in [0.29, 0.717) is 0 Å². The first kappa shape index (κ1) is 12.7. The highest BCUT2D eigenvalue weighted by atomic mass is 16.2. The van der Waals surface area contributed by atoms with Gasteiger partial charge in [0.1, 0.15) is 0 Å². The first-order valence-corrected chi connectivity index (χ1v) is 5.64. The number of hydrogen-bond acceptors (Lipinski definition) is 4. The van der Waals surface area contributed by atoms with Crippen molar-refractivity contribution in [1.29, 1.82) is 0 Å². The molecule has 7 nitrogen and oxygen atoms in total. The van der Waals surface area contributed by atoms with Gasteiger partial charge in [-0.3, -0.25) is 20.2 Å². The Morgan fingerprint density at radius 2 is 1.68 bits per heavy atom. The van der Waals surface area contributed by atoms with E-state index in [1.165, 1.54) is 18.5 Å². The Bertz CT molecular complexity index is 606. The number of carbonyl (C=O) groups is 2. The molecular weight excluding hydrogens is 246 g/mol. The quantitative estimate of drug-likeness (QED) is 0.866. The summed E-state index contributed by atoms with van der Waals surface area (Å²) in [5.41, 5.74) is 0.732. The predicted molar refractivity (Wildman–Crippen MR) is 70.0 cm³/mol. The summed E-state index contributed by atoms with van der Waals surface area (Å²) in [5.74, 6) is -0.152. The van der Waals surface area contributed by atoms with E-state index in [2.05, 4.69) is 20.7 Å². The molecule has 0 saturated heterocycles. The number of para-hydroxylation sites is 1. The van der Waals surface area contributed by atoms with Crippen LogP contribution in [0.2, 0.25) is 0 Å². The minimum Gasteiger partial charge on any atom is -0.295 e. The second-order valence-electron chi connectivity index (χ2n) is 3.87. The summed E-state index contributed by atoms with van der Waals surface area (Å²) >= 11 is 0. The third kappa shape index (κ3) is 3.15. The summed E-state index contributed by atoms with van der Waals surface area (Å²) in [4.78, 5) is 26.2. The lowest BCUT2D eigenvalue weighted by atomic mass is 10.3. The van der Waals surface area contributed by atoms with Crippen LogP contribution in [0.3, 0.4) is 0 Å². The number of nitrogens with one attached hydrogen (secondary N) is 2. The number of amides is 2. The van der Waals surface area contributed by atoms with E-state index in [-0.39, 0.29) is 23.7 Å². The molecule has 0 radical (unpaired) electrons. The van der Waals surface area contributed by atoms with Crippen molar-refractivity contribution in [2.24, 2.45) is 0 Å². The van der Waals surface area contributed by atoms with Crippen molar-refractivity contribution in [2.75, 3.05) is 10.6 Å². The van der Waals surface area contributed by atoms with Crippen LogP contribution in [-0.2, 0) is 9.59 Å². The van der Waals surface area contributed by atoms with Crippen molar-refractivity contribution in [3.05, 3.63) is 30.3 Å². The lowest BCUT2D eigenvalue weighted by Gasteiger charge is -2.04. The number of nitrogens with zero attached hydrogens (tertiary/aromatic N) is 3. The van der Waals surface area contributed by atoms with Crippen LogP contribution in [0.25, 0.3) is 5.69 Å². The van der Waals surface area contributed by atoms with Crippen LogP contribution in [0.4, 0.5) is 11.9 Å². The maximum absolute atomic E-state index is 11.1. The maximum atomic E-state index is 11.1. The van der Waals surface area contributed by atoms with Crippen LogP contribution in [-0.4, -0.2) is 26.6 Å².